The molecule has 0 aromatic rings. The van der Waals surface area contributed by atoms with Crippen LogP contribution in [0.25, 0.3) is 0 Å². The second kappa shape index (κ2) is 4.23. The van der Waals surface area contributed by atoms with Crippen LogP contribution in [0.4, 0.5) is 0 Å². The van der Waals surface area contributed by atoms with E-state index in [1.165, 1.54) is 18.2 Å². The fourth-order valence-electron chi connectivity index (χ4n) is 0.305. The summed E-state index contributed by atoms with van der Waals surface area (Å²) < 4.78 is 10.1. The van der Waals surface area contributed by atoms with Gasteiger partial charge in [0, 0.05) is 5.82 Å². The zero-order valence-electron chi connectivity index (χ0n) is 5.34. The van der Waals surface area contributed by atoms with Crippen LogP contribution in [0.2, 0.25) is 0 Å². The van der Waals surface area contributed by atoms with Gasteiger partial charge >= 0.3 is 7.60 Å². The van der Waals surface area contributed by atoms with Gasteiger partial charge in [-0.2, -0.15) is 0 Å². The van der Waals surface area contributed by atoms with Crippen LogP contribution < -0.4 is 0 Å². The summed E-state index contributed by atoms with van der Waals surface area (Å²) in [5, 5.41) is 0. The van der Waals surface area contributed by atoms with E-state index >= 15 is 0 Å². The van der Waals surface area contributed by atoms with Crippen LogP contribution in [0.5, 0.6) is 0 Å². The Morgan fingerprint density at radius 1 is 1.20 bits per heavy atom. The molecule has 0 atom stereocenters. The highest BCUT2D eigenvalue weighted by Gasteiger charge is 2.03. The van der Waals surface area contributed by atoms with Gasteiger partial charge in [0.05, 0.1) is 0 Å². The molecule has 0 aromatic carbocycles. The molecule has 0 radical (unpaired) electrons. The van der Waals surface area contributed by atoms with Crippen molar-refractivity contribution in [2.75, 3.05) is 0 Å². The van der Waals surface area contributed by atoms with Crippen LogP contribution >= 0.6 is 7.60 Å². The number of rotatable bonds is 3. The molecule has 0 heterocycles. The Bertz CT molecular complexity index is 199. The Kier molecular flexibility index (Phi) is 3.96. The van der Waals surface area contributed by atoms with Crippen molar-refractivity contribution >= 4 is 7.60 Å². The molecule has 0 unspecified atom stereocenters. The fraction of sp³-hybridized carbons (Fsp3) is 0. The maximum Gasteiger partial charge on any atom is 0.349 e. The average molecular weight is 160 g/mol. The molecule has 3 nitrogen and oxygen atoms in total. The van der Waals surface area contributed by atoms with E-state index in [0.29, 0.717) is 0 Å². The molecular formula is C6H9O3P. The Hall–Kier alpha value is -0.630. The molecule has 4 heteroatoms. The molecule has 0 fully saturated rings. The number of allylic oxidation sites excluding steroid dienone is 4. The summed E-state index contributed by atoms with van der Waals surface area (Å²) in [5.41, 5.74) is 0. The van der Waals surface area contributed by atoms with Crippen LogP contribution in [0.1, 0.15) is 0 Å². The third kappa shape index (κ3) is 7.37. The van der Waals surface area contributed by atoms with Crippen molar-refractivity contribution in [3.8, 4) is 0 Å². The minimum Gasteiger partial charge on any atom is -0.321 e. The van der Waals surface area contributed by atoms with Crippen molar-refractivity contribution in [2.45, 2.75) is 0 Å². The zero-order chi connectivity index (χ0) is 8.04. The lowest BCUT2D eigenvalue weighted by molar-refractivity contribution is 0.386. The van der Waals surface area contributed by atoms with E-state index in [9.17, 15) is 4.57 Å². The standard InChI is InChI=1S/C6H9O3P/c1-2-3-4-5-6-10(7,8)9/h2-6H,1H2,(H2,7,8,9). The highest BCUT2D eigenvalue weighted by Crippen LogP contribution is 2.35. The molecule has 10 heavy (non-hydrogen) atoms. The maximum atomic E-state index is 10.1. The minimum absolute atomic E-state index is 0.826. The lowest BCUT2D eigenvalue weighted by atomic mass is 10.5. The van der Waals surface area contributed by atoms with Gasteiger partial charge in [-0.3, -0.25) is 4.57 Å². The molecule has 0 amide bonds. The van der Waals surface area contributed by atoms with Crippen molar-refractivity contribution in [3.63, 3.8) is 0 Å². The van der Waals surface area contributed by atoms with E-state index in [1.54, 1.807) is 6.08 Å². The van der Waals surface area contributed by atoms with Gasteiger partial charge in [0.25, 0.3) is 0 Å². The van der Waals surface area contributed by atoms with Crippen molar-refractivity contribution in [2.24, 2.45) is 0 Å². The van der Waals surface area contributed by atoms with Crippen molar-refractivity contribution in [1.29, 1.82) is 0 Å². The highest BCUT2D eigenvalue weighted by atomic mass is 31.2. The summed E-state index contributed by atoms with van der Waals surface area (Å²) >= 11 is 0. The van der Waals surface area contributed by atoms with Crippen LogP contribution in [0.3, 0.4) is 0 Å². The summed E-state index contributed by atoms with van der Waals surface area (Å²) in [6.45, 7) is 3.38. The van der Waals surface area contributed by atoms with Gasteiger partial charge in [-0.25, -0.2) is 0 Å². The second-order valence-corrected chi connectivity index (χ2v) is 3.03. The lowest BCUT2D eigenvalue weighted by Gasteiger charge is -1.90. The molecule has 0 spiro atoms. The van der Waals surface area contributed by atoms with Crippen LogP contribution in [0.15, 0.2) is 36.7 Å². The highest BCUT2D eigenvalue weighted by molar-refractivity contribution is 7.55. The SMILES string of the molecule is C=CC=CC=CP(=O)(O)O. The molecular weight excluding hydrogens is 151 g/mol. The molecule has 0 aromatic heterocycles. The maximum absolute atomic E-state index is 10.1. The summed E-state index contributed by atoms with van der Waals surface area (Å²) in [7, 11) is -3.97. The molecule has 0 saturated carbocycles. The molecule has 0 aliphatic rings. The molecule has 2 N–H and O–H groups in total. The van der Waals surface area contributed by atoms with Gasteiger partial charge in [0.15, 0.2) is 0 Å². The lowest BCUT2D eigenvalue weighted by Crippen LogP contribution is -1.66. The first-order valence-electron chi connectivity index (χ1n) is 2.58. The topological polar surface area (TPSA) is 57.5 Å². The first kappa shape index (κ1) is 9.37. The zero-order valence-corrected chi connectivity index (χ0v) is 6.24. The van der Waals surface area contributed by atoms with E-state index in [2.05, 4.69) is 6.58 Å². The molecule has 0 aliphatic heterocycles. The van der Waals surface area contributed by atoms with Gasteiger partial charge in [-0.05, 0) is 0 Å². The average Bonchev–Trinajstić information content (AvgIpc) is 1.78. The van der Waals surface area contributed by atoms with Crippen molar-refractivity contribution in [3.05, 3.63) is 36.7 Å². The third-order valence-corrected chi connectivity index (χ3v) is 1.20. The largest absolute Gasteiger partial charge is 0.349 e. The summed E-state index contributed by atoms with van der Waals surface area (Å²) in [5.74, 6) is 0.826. The van der Waals surface area contributed by atoms with Crippen LogP contribution in [0, 0.1) is 0 Å². The van der Waals surface area contributed by atoms with Crippen molar-refractivity contribution in [1.82, 2.24) is 0 Å². The summed E-state index contributed by atoms with van der Waals surface area (Å²) in [6.07, 6.45) is 5.87. The quantitative estimate of drug-likeness (QED) is 0.484. The predicted octanol–water partition coefficient (Wildman–Crippen LogP) is 1.42. The van der Waals surface area contributed by atoms with Crippen LogP contribution in [-0.2, 0) is 4.57 Å². The Labute approximate surface area is 59.5 Å². The molecule has 0 bridgehead atoms. The second-order valence-electron chi connectivity index (χ2n) is 1.55. The van der Waals surface area contributed by atoms with Gasteiger partial charge in [0.1, 0.15) is 0 Å². The molecule has 0 aliphatic carbocycles. The first-order chi connectivity index (χ1) is 4.56. The van der Waals surface area contributed by atoms with E-state index in [0.717, 1.165) is 5.82 Å². The third-order valence-electron chi connectivity index (χ3n) is 0.639. The Morgan fingerprint density at radius 3 is 2.20 bits per heavy atom. The minimum atomic E-state index is -3.97. The number of hydrogen-bond acceptors (Lipinski definition) is 1. The fourth-order valence-corrected chi connectivity index (χ4v) is 0.628. The molecule has 0 rings (SSSR count). The van der Waals surface area contributed by atoms with E-state index < -0.39 is 7.60 Å². The van der Waals surface area contributed by atoms with Gasteiger partial charge in [-0.15, -0.1) is 0 Å². The van der Waals surface area contributed by atoms with Gasteiger partial charge in [-0.1, -0.05) is 30.9 Å². The number of hydrogen-bond donors (Lipinski definition) is 2. The Morgan fingerprint density at radius 2 is 1.80 bits per heavy atom. The normalized spacial score (nSPS) is 13.0. The van der Waals surface area contributed by atoms with Crippen molar-refractivity contribution < 1.29 is 14.4 Å². The van der Waals surface area contributed by atoms with Crippen LogP contribution in [-0.4, -0.2) is 9.79 Å². The van der Waals surface area contributed by atoms with E-state index in [-0.39, 0.29) is 0 Å². The van der Waals surface area contributed by atoms with E-state index in [1.807, 2.05) is 0 Å². The van der Waals surface area contributed by atoms with Gasteiger partial charge < -0.3 is 9.79 Å². The Balaban J connectivity index is 3.90. The monoisotopic (exact) mass is 160 g/mol. The molecule has 56 valence electrons. The predicted molar refractivity (Wildman–Crippen MR) is 40.5 cm³/mol. The smallest absolute Gasteiger partial charge is 0.321 e. The van der Waals surface area contributed by atoms with Gasteiger partial charge in [0.2, 0.25) is 0 Å². The summed E-state index contributed by atoms with van der Waals surface area (Å²) in [4.78, 5) is 16.6. The first-order valence-corrected chi connectivity index (χ1v) is 4.26. The molecule has 0 saturated heterocycles. The summed E-state index contributed by atoms with van der Waals surface area (Å²) in [6, 6.07) is 0. The van der Waals surface area contributed by atoms with E-state index in [4.69, 9.17) is 9.79 Å².